The predicted molar refractivity (Wildman–Crippen MR) is 104 cm³/mol. The van der Waals surface area contributed by atoms with Crippen LogP contribution >= 0.6 is 0 Å². The van der Waals surface area contributed by atoms with Crippen molar-refractivity contribution in [3.8, 4) is 0 Å². The SMILES string of the molecule is Cc1cc(C)c(NC(=O)C[NH+](C)CC(=O)N2CCCC[C@H]2C(N)=O)c(C)c1. The molecule has 0 spiro atoms. The van der Waals surface area contributed by atoms with Crippen molar-refractivity contribution in [2.45, 2.75) is 46.1 Å². The van der Waals surface area contributed by atoms with E-state index in [4.69, 9.17) is 5.73 Å². The minimum atomic E-state index is -0.522. The molecule has 0 radical (unpaired) electrons. The summed E-state index contributed by atoms with van der Waals surface area (Å²) < 4.78 is 0. The maximum atomic E-state index is 12.6. The smallest absolute Gasteiger partial charge is 0.279 e. The molecule has 7 heteroatoms. The highest BCUT2D eigenvalue weighted by Crippen LogP contribution is 2.21. The maximum absolute atomic E-state index is 12.6. The number of benzene rings is 1. The minimum Gasteiger partial charge on any atom is -0.368 e. The van der Waals surface area contributed by atoms with Gasteiger partial charge in [-0.3, -0.25) is 14.4 Å². The molecule has 7 nitrogen and oxygen atoms in total. The van der Waals surface area contributed by atoms with Gasteiger partial charge < -0.3 is 20.9 Å². The van der Waals surface area contributed by atoms with E-state index in [9.17, 15) is 14.4 Å². The van der Waals surface area contributed by atoms with Gasteiger partial charge >= 0.3 is 0 Å². The van der Waals surface area contributed by atoms with Crippen molar-refractivity contribution >= 4 is 23.4 Å². The van der Waals surface area contributed by atoms with Crippen LogP contribution in [0.1, 0.15) is 36.0 Å². The lowest BCUT2D eigenvalue weighted by Crippen LogP contribution is -3.11. The van der Waals surface area contributed by atoms with Crippen LogP contribution in [-0.2, 0) is 14.4 Å². The van der Waals surface area contributed by atoms with Gasteiger partial charge in [-0.05, 0) is 51.2 Å². The molecule has 4 N–H and O–H groups in total. The number of primary amides is 1. The van der Waals surface area contributed by atoms with Crippen LogP contribution < -0.4 is 16.0 Å². The van der Waals surface area contributed by atoms with Crippen LogP contribution in [0.2, 0.25) is 0 Å². The van der Waals surface area contributed by atoms with Gasteiger partial charge in [-0.25, -0.2) is 0 Å². The zero-order valence-electron chi connectivity index (χ0n) is 16.7. The average molecular weight is 375 g/mol. The second-order valence-corrected chi connectivity index (χ2v) is 7.63. The molecular weight excluding hydrogens is 344 g/mol. The Kier molecular flexibility index (Phi) is 6.96. The Morgan fingerprint density at radius 2 is 1.78 bits per heavy atom. The summed E-state index contributed by atoms with van der Waals surface area (Å²) in [6.45, 7) is 6.84. The summed E-state index contributed by atoms with van der Waals surface area (Å²) in [6.07, 6.45) is 2.39. The second-order valence-electron chi connectivity index (χ2n) is 7.63. The van der Waals surface area contributed by atoms with Crippen LogP contribution in [0.5, 0.6) is 0 Å². The Morgan fingerprint density at radius 1 is 1.15 bits per heavy atom. The standard InChI is InChI=1S/C20H30N4O3/c1-13-9-14(2)19(15(3)10-13)22-17(25)11-23(4)12-18(26)24-8-6-5-7-16(24)20(21)27/h9-10,16H,5-8,11-12H2,1-4H3,(H2,21,27)(H,22,25)/p+1/t16-/m0/s1. The Morgan fingerprint density at radius 3 is 2.37 bits per heavy atom. The van der Waals surface area contributed by atoms with Crippen molar-refractivity contribution in [1.82, 2.24) is 4.90 Å². The quantitative estimate of drug-likeness (QED) is 0.649. The first-order valence-electron chi connectivity index (χ1n) is 9.46. The minimum absolute atomic E-state index is 0.133. The summed E-state index contributed by atoms with van der Waals surface area (Å²) in [7, 11) is 1.80. The highest BCUT2D eigenvalue weighted by atomic mass is 16.2. The predicted octanol–water partition coefficient (Wildman–Crippen LogP) is -0.0685. The number of aryl methyl sites for hydroxylation is 3. The lowest BCUT2D eigenvalue weighted by Gasteiger charge is -2.33. The Labute approximate surface area is 160 Å². The van der Waals surface area contributed by atoms with E-state index in [1.165, 1.54) is 0 Å². The van der Waals surface area contributed by atoms with Gasteiger partial charge in [0.15, 0.2) is 13.1 Å². The molecule has 1 unspecified atom stereocenters. The third-order valence-corrected chi connectivity index (χ3v) is 5.01. The first-order chi connectivity index (χ1) is 12.7. The Hall–Kier alpha value is -2.41. The molecule has 3 amide bonds. The fourth-order valence-corrected chi connectivity index (χ4v) is 3.78. The lowest BCUT2D eigenvalue weighted by atomic mass is 10.0. The van der Waals surface area contributed by atoms with Crippen LogP contribution in [0.3, 0.4) is 0 Å². The van der Waals surface area contributed by atoms with Gasteiger partial charge in [0.05, 0.1) is 7.05 Å². The summed E-state index contributed by atoms with van der Waals surface area (Å²) in [5.74, 6) is -0.726. The Bertz CT molecular complexity index is 709. The molecule has 1 fully saturated rings. The van der Waals surface area contributed by atoms with Crippen LogP contribution in [0.4, 0.5) is 5.69 Å². The van der Waals surface area contributed by atoms with Crippen molar-refractivity contribution in [3.05, 3.63) is 28.8 Å². The van der Waals surface area contributed by atoms with E-state index in [0.717, 1.165) is 40.1 Å². The fraction of sp³-hybridized carbons (Fsp3) is 0.550. The van der Waals surface area contributed by atoms with Crippen LogP contribution in [0.15, 0.2) is 12.1 Å². The van der Waals surface area contributed by atoms with Crippen molar-refractivity contribution in [3.63, 3.8) is 0 Å². The summed E-state index contributed by atoms with van der Waals surface area (Å²) in [6, 6.07) is 3.54. The number of carbonyl (C=O) groups excluding carboxylic acids is 3. The van der Waals surface area contributed by atoms with E-state index >= 15 is 0 Å². The first-order valence-corrected chi connectivity index (χ1v) is 9.46. The summed E-state index contributed by atoms with van der Waals surface area (Å²) >= 11 is 0. The molecule has 27 heavy (non-hydrogen) atoms. The van der Waals surface area contributed by atoms with E-state index < -0.39 is 11.9 Å². The Balaban J connectivity index is 1.93. The van der Waals surface area contributed by atoms with Crippen molar-refractivity contribution in [2.75, 3.05) is 32.0 Å². The maximum Gasteiger partial charge on any atom is 0.279 e. The van der Waals surface area contributed by atoms with Gasteiger partial charge in [0.25, 0.3) is 11.8 Å². The number of nitrogens with one attached hydrogen (secondary N) is 2. The topological polar surface area (TPSA) is 96.9 Å². The van der Waals surface area contributed by atoms with Crippen molar-refractivity contribution in [1.29, 1.82) is 0 Å². The number of nitrogens with two attached hydrogens (primary N) is 1. The third-order valence-electron chi connectivity index (χ3n) is 5.01. The van der Waals surface area contributed by atoms with Crippen LogP contribution in [-0.4, -0.2) is 55.3 Å². The molecule has 1 aliphatic rings. The molecule has 1 aromatic carbocycles. The number of piperidine rings is 1. The van der Waals surface area contributed by atoms with E-state index in [1.807, 2.05) is 32.9 Å². The second kappa shape index (κ2) is 8.99. The van der Waals surface area contributed by atoms with Crippen molar-refractivity contribution < 1.29 is 19.3 Å². The molecule has 1 heterocycles. The highest BCUT2D eigenvalue weighted by molar-refractivity contribution is 5.93. The van der Waals surface area contributed by atoms with Gasteiger partial charge in [0, 0.05) is 12.2 Å². The van der Waals surface area contributed by atoms with Gasteiger partial charge in [-0.2, -0.15) is 0 Å². The summed E-state index contributed by atoms with van der Waals surface area (Å²) in [4.78, 5) is 38.9. The van der Waals surface area contributed by atoms with Gasteiger partial charge in [0.2, 0.25) is 5.91 Å². The van der Waals surface area contributed by atoms with Gasteiger partial charge in [-0.1, -0.05) is 17.7 Å². The molecular formula is C20H31N4O3+. The number of likely N-dealkylation sites (N-methyl/N-ethyl adjacent to an activating group) is 1. The number of likely N-dealkylation sites (tertiary alicyclic amines) is 1. The van der Waals surface area contributed by atoms with Crippen LogP contribution in [0.25, 0.3) is 0 Å². The number of hydrogen-bond donors (Lipinski definition) is 3. The van der Waals surface area contributed by atoms with E-state index in [2.05, 4.69) is 5.32 Å². The molecule has 2 atom stereocenters. The molecule has 2 rings (SSSR count). The van der Waals surface area contributed by atoms with Crippen molar-refractivity contribution in [2.24, 2.45) is 5.73 Å². The zero-order chi connectivity index (χ0) is 20.1. The van der Waals surface area contributed by atoms with E-state index in [0.29, 0.717) is 13.0 Å². The normalized spacial score (nSPS) is 18.1. The van der Waals surface area contributed by atoms with E-state index in [-0.39, 0.29) is 24.9 Å². The zero-order valence-corrected chi connectivity index (χ0v) is 16.7. The number of rotatable bonds is 6. The fourth-order valence-electron chi connectivity index (χ4n) is 3.78. The number of hydrogen-bond acceptors (Lipinski definition) is 3. The summed E-state index contributed by atoms with van der Waals surface area (Å²) in [5.41, 5.74) is 9.45. The van der Waals surface area contributed by atoms with Gasteiger partial charge in [0.1, 0.15) is 6.04 Å². The molecule has 0 bridgehead atoms. The summed E-state index contributed by atoms with van der Waals surface area (Å²) in [5, 5.41) is 2.96. The van der Waals surface area contributed by atoms with Crippen LogP contribution in [0, 0.1) is 20.8 Å². The molecule has 0 aliphatic carbocycles. The highest BCUT2D eigenvalue weighted by Gasteiger charge is 2.32. The monoisotopic (exact) mass is 375 g/mol. The largest absolute Gasteiger partial charge is 0.368 e. The molecule has 1 saturated heterocycles. The molecule has 0 saturated carbocycles. The molecule has 1 aromatic rings. The average Bonchev–Trinajstić information content (AvgIpc) is 2.57. The van der Waals surface area contributed by atoms with E-state index in [1.54, 1.807) is 11.9 Å². The molecule has 1 aliphatic heterocycles. The molecule has 148 valence electrons. The van der Waals surface area contributed by atoms with Gasteiger partial charge in [-0.15, -0.1) is 0 Å². The molecule has 0 aromatic heterocycles. The number of carbonyl (C=O) groups is 3. The lowest BCUT2D eigenvalue weighted by molar-refractivity contribution is -0.862. The number of nitrogens with zero attached hydrogens (tertiary/aromatic N) is 1. The third kappa shape index (κ3) is 5.53. The first kappa shape index (κ1) is 20.9. The number of anilines is 1. The number of amides is 3. The number of quaternary nitrogens is 1.